The van der Waals surface area contributed by atoms with Crippen LogP contribution in [-0.2, 0) is 30.7 Å². The lowest BCUT2D eigenvalue weighted by molar-refractivity contribution is -0.144. The fourth-order valence-corrected chi connectivity index (χ4v) is 4.73. The molecule has 1 aliphatic heterocycles. The molecule has 0 bridgehead atoms. The van der Waals surface area contributed by atoms with Crippen molar-refractivity contribution < 1.29 is 27.9 Å². The van der Waals surface area contributed by atoms with Crippen LogP contribution in [0.1, 0.15) is 25.3 Å². The maximum absolute atomic E-state index is 12.7. The van der Waals surface area contributed by atoms with Gasteiger partial charge in [0.15, 0.2) is 9.84 Å². The number of carbonyl (C=O) groups excluding carboxylic acids is 1. The Hall–Kier alpha value is -1.93. The van der Waals surface area contributed by atoms with Crippen molar-refractivity contribution in [2.75, 3.05) is 19.8 Å². The Bertz CT molecular complexity index is 697. The molecule has 1 atom stereocenters. The lowest BCUT2D eigenvalue weighted by atomic mass is 10.2. The zero-order valence-electron chi connectivity index (χ0n) is 14.1. The van der Waals surface area contributed by atoms with Gasteiger partial charge >= 0.3 is 5.97 Å². The lowest BCUT2D eigenvalue weighted by Gasteiger charge is -2.28. The Morgan fingerprint density at radius 1 is 1.24 bits per heavy atom. The summed E-state index contributed by atoms with van der Waals surface area (Å²) in [6.07, 6.45) is 0.717. The molecule has 138 valence electrons. The van der Waals surface area contributed by atoms with Crippen LogP contribution in [-0.4, -0.2) is 60.6 Å². The predicted molar refractivity (Wildman–Crippen MR) is 91.7 cm³/mol. The Morgan fingerprint density at radius 3 is 2.40 bits per heavy atom. The van der Waals surface area contributed by atoms with Gasteiger partial charge in [0, 0.05) is 19.8 Å². The number of sulfone groups is 1. The van der Waals surface area contributed by atoms with Crippen molar-refractivity contribution in [1.29, 1.82) is 0 Å². The van der Waals surface area contributed by atoms with E-state index in [9.17, 15) is 18.0 Å². The van der Waals surface area contributed by atoms with Crippen molar-refractivity contribution in [3.63, 3.8) is 0 Å². The van der Waals surface area contributed by atoms with E-state index in [0.717, 1.165) is 10.5 Å². The first-order valence-electron chi connectivity index (χ1n) is 8.17. The molecule has 1 unspecified atom stereocenters. The third-order valence-electron chi connectivity index (χ3n) is 4.33. The van der Waals surface area contributed by atoms with Gasteiger partial charge in [0.25, 0.3) is 0 Å². The van der Waals surface area contributed by atoms with Gasteiger partial charge in [-0.3, -0.25) is 9.59 Å². The summed E-state index contributed by atoms with van der Waals surface area (Å²) in [6.45, 7) is 1.56. The number of benzene rings is 1. The van der Waals surface area contributed by atoms with Crippen LogP contribution in [0.25, 0.3) is 0 Å². The standard InChI is InChI=1S/C17H23NO6S/c1-13(25(22,23)15-7-9-24-10-8-15)17(21)18(12-16(19)20)11-14-5-3-2-4-6-14/h2-6,13,15H,7-12H2,1H3,(H,19,20). The minimum Gasteiger partial charge on any atom is -0.480 e. The quantitative estimate of drug-likeness (QED) is 0.772. The van der Waals surface area contributed by atoms with Gasteiger partial charge in [-0.25, -0.2) is 8.42 Å². The van der Waals surface area contributed by atoms with E-state index >= 15 is 0 Å². The van der Waals surface area contributed by atoms with E-state index in [1.54, 1.807) is 24.3 Å². The molecule has 0 saturated carbocycles. The molecular formula is C17H23NO6S. The van der Waals surface area contributed by atoms with Gasteiger partial charge in [0.2, 0.25) is 5.91 Å². The summed E-state index contributed by atoms with van der Waals surface area (Å²) >= 11 is 0. The fourth-order valence-electron chi connectivity index (χ4n) is 2.87. The van der Waals surface area contributed by atoms with Crippen LogP contribution in [0.3, 0.4) is 0 Å². The lowest BCUT2D eigenvalue weighted by Crippen LogP contribution is -2.47. The van der Waals surface area contributed by atoms with E-state index in [1.807, 2.05) is 6.07 Å². The van der Waals surface area contributed by atoms with Crippen molar-refractivity contribution in [3.05, 3.63) is 35.9 Å². The first kappa shape index (κ1) is 19.4. The van der Waals surface area contributed by atoms with Crippen molar-refractivity contribution >= 4 is 21.7 Å². The first-order chi connectivity index (χ1) is 11.8. The molecule has 1 heterocycles. The number of nitrogens with zero attached hydrogens (tertiary/aromatic N) is 1. The number of hydrogen-bond donors (Lipinski definition) is 1. The molecule has 1 amide bonds. The molecule has 0 spiro atoms. The van der Waals surface area contributed by atoms with E-state index in [2.05, 4.69) is 0 Å². The molecule has 1 N–H and O–H groups in total. The summed E-state index contributed by atoms with van der Waals surface area (Å²) in [7, 11) is -3.70. The molecule has 1 fully saturated rings. The Labute approximate surface area is 147 Å². The molecule has 1 aliphatic rings. The second kappa shape index (κ2) is 8.44. The number of carboxylic acids is 1. The van der Waals surface area contributed by atoms with Crippen LogP contribution in [0.2, 0.25) is 0 Å². The number of ether oxygens (including phenoxy) is 1. The highest BCUT2D eigenvalue weighted by Crippen LogP contribution is 2.22. The van der Waals surface area contributed by atoms with Crippen LogP contribution in [0, 0.1) is 0 Å². The summed E-state index contributed by atoms with van der Waals surface area (Å²) in [4.78, 5) is 24.9. The average molecular weight is 369 g/mol. The number of amides is 1. The highest BCUT2D eigenvalue weighted by atomic mass is 32.2. The van der Waals surface area contributed by atoms with Crippen LogP contribution >= 0.6 is 0 Å². The molecule has 1 saturated heterocycles. The molecule has 0 aromatic heterocycles. The van der Waals surface area contributed by atoms with Gasteiger partial charge in [-0.2, -0.15) is 0 Å². The Balaban J connectivity index is 2.17. The Kier molecular flexibility index (Phi) is 6.55. The van der Waals surface area contributed by atoms with Crippen molar-refractivity contribution in [1.82, 2.24) is 4.90 Å². The number of carboxylic acid groups (broad SMARTS) is 1. The second-order valence-corrected chi connectivity index (χ2v) is 8.67. The SMILES string of the molecule is CC(C(=O)N(CC(=O)O)Cc1ccccc1)S(=O)(=O)C1CCOCC1. The van der Waals surface area contributed by atoms with E-state index < -0.39 is 38.8 Å². The number of carbonyl (C=O) groups is 2. The number of rotatable bonds is 7. The molecule has 2 rings (SSSR count). The minimum absolute atomic E-state index is 0.0552. The summed E-state index contributed by atoms with van der Waals surface area (Å²) in [6, 6.07) is 8.90. The average Bonchev–Trinajstić information content (AvgIpc) is 2.61. The monoisotopic (exact) mass is 369 g/mol. The van der Waals surface area contributed by atoms with Gasteiger partial charge in [-0.1, -0.05) is 30.3 Å². The number of aliphatic carboxylic acids is 1. The maximum Gasteiger partial charge on any atom is 0.323 e. The van der Waals surface area contributed by atoms with Crippen LogP contribution in [0.4, 0.5) is 0 Å². The van der Waals surface area contributed by atoms with E-state index in [0.29, 0.717) is 26.1 Å². The third kappa shape index (κ3) is 5.02. The summed E-state index contributed by atoms with van der Waals surface area (Å²) in [5.74, 6) is -1.86. The van der Waals surface area contributed by atoms with E-state index in [-0.39, 0.29) is 6.54 Å². The summed E-state index contributed by atoms with van der Waals surface area (Å²) in [5, 5.41) is 7.18. The van der Waals surface area contributed by atoms with Gasteiger partial charge in [-0.05, 0) is 25.3 Å². The smallest absolute Gasteiger partial charge is 0.323 e. The van der Waals surface area contributed by atoms with Gasteiger partial charge < -0.3 is 14.7 Å². The Morgan fingerprint density at radius 2 is 1.84 bits per heavy atom. The molecule has 1 aromatic carbocycles. The molecule has 1 aromatic rings. The minimum atomic E-state index is -3.70. The topological polar surface area (TPSA) is 101 Å². The highest BCUT2D eigenvalue weighted by Gasteiger charge is 2.38. The summed E-state index contributed by atoms with van der Waals surface area (Å²) < 4.78 is 30.6. The van der Waals surface area contributed by atoms with E-state index in [4.69, 9.17) is 9.84 Å². The highest BCUT2D eigenvalue weighted by molar-refractivity contribution is 7.93. The second-order valence-electron chi connectivity index (χ2n) is 6.12. The zero-order chi connectivity index (χ0) is 18.4. The van der Waals surface area contributed by atoms with Crippen LogP contribution in [0.15, 0.2) is 30.3 Å². The zero-order valence-corrected chi connectivity index (χ0v) is 14.9. The van der Waals surface area contributed by atoms with Gasteiger partial charge in [0.05, 0.1) is 5.25 Å². The van der Waals surface area contributed by atoms with Gasteiger partial charge in [0.1, 0.15) is 11.8 Å². The normalized spacial score (nSPS) is 17.0. The van der Waals surface area contributed by atoms with Crippen molar-refractivity contribution in [2.24, 2.45) is 0 Å². The van der Waals surface area contributed by atoms with Gasteiger partial charge in [-0.15, -0.1) is 0 Å². The first-order valence-corrected chi connectivity index (χ1v) is 9.78. The van der Waals surface area contributed by atoms with Crippen LogP contribution < -0.4 is 0 Å². The largest absolute Gasteiger partial charge is 0.480 e. The van der Waals surface area contributed by atoms with E-state index in [1.165, 1.54) is 6.92 Å². The summed E-state index contributed by atoms with van der Waals surface area (Å²) in [5.41, 5.74) is 0.743. The molecule has 0 radical (unpaired) electrons. The molecule has 0 aliphatic carbocycles. The molecule has 25 heavy (non-hydrogen) atoms. The maximum atomic E-state index is 12.7. The molecule has 7 nitrogen and oxygen atoms in total. The molecular weight excluding hydrogens is 346 g/mol. The molecule has 8 heteroatoms. The predicted octanol–water partition coefficient (Wildman–Crippen LogP) is 1.08. The van der Waals surface area contributed by atoms with Crippen molar-refractivity contribution in [2.45, 2.75) is 36.8 Å². The van der Waals surface area contributed by atoms with Crippen molar-refractivity contribution in [3.8, 4) is 0 Å². The van der Waals surface area contributed by atoms with Crippen LogP contribution in [0.5, 0.6) is 0 Å². The third-order valence-corrected chi connectivity index (χ3v) is 6.92. The number of hydrogen-bond acceptors (Lipinski definition) is 5. The fraction of sp³-hybridized carbons (Fsp3) is 0.529.